The molecule has 4 heteroatoms. The number of thioether (sulfide) groups is 1. The van der Waals surface area contributed by atoms with Gasteiger partial charge in [0, 0.05) is 6.42 Å². The van der Waals surface area contributed by atoms with Crippen molar-refractivity contribution in [2.24, 2.45) is 0 Å². The van der Waals surface area contributed by atoms with E-state index in [9.17, 15) is 4.79 Å². The number of rotatable bonds is 6. The Bertz CT molecular complexity index is 342. The Morgan fingerprint density at radius 1 is 1.38 bits per heavy atom. The molecule has 0 spiro atoms. The Morgan fingerprint density at radius 2 is 2.12 bits per heavy atom. The topological polar surface area (TPSA) is 55.1 Å². The zero-order chi connectivity index (χ0) is 11.8. The molecule has 0 aliphatic rings. The molecule has 0 heterocycles. The average molecular weight is 238 g/mol. The van der Waals surface area contributed by atoms with Crippen LogP contribution in [0.4, 0.5) is 11.4 Å². The molecule has 3 nitrogen and oxygen atoms in total. The van der Waals surface area contributed by atoms with Gasteiger partial charge in [-0.2, -0.15) is 11.8 Å². The first-order valence-corrected chi connectivity index (χ1v) is 6.76. The summed E-state index contributed by atoms with van der Waals surface area (Å²) < 4.78 is 0. The van der Waals surface area contributed by atoms with E-state index in [1.165, 1.54) is 0 Å². The predicted molar refractivity (Wildman–Crippen MR) is 71.7 cm³/mol. The highest BCUT2D eigenvalue weighted by atomic mass is 32.2. The number of nitrogen functional groups attached to an aromatic ring is 1. The molecule has 0 bridgehead atoms. The second-order valence-corrected chi connectivity index (χ2v) is 4.57. The summed E-state index contributed by atoms with van der Waals surface area (Å²) in [4.78, 5) is 11.6. The van der Waals surface area contributed by atoms with Gasteiger partial charge in [0.15, 0.2) is 0 Å². The third-order valence-corrected chi connectivity index (χ3v) is 2.93. The van der Waals surface area contributed by atoms with Crippen molar-refractivity contribution >= 4 is 29.0 Å². The number of nitrogens with one attached hydrogen (secondary N) is 1. The van der Waals surface area contributed by atoms with Crippen molar-refractivity contribution in [2.75, 3.05) is 23.1 Å². The zero-order valence-corrected chi connectivity index (χ0v) is 10.3. The molecular weight excluding hydrogens is 220 g/mol. The van der Waals surface area contributed by atoms with Crippen LogP contribution in [0.5, 0.6) is 0 Å². The van der Waals surface area contributed by atoms with Crippen LogP contribution in [-0.2, 0) is 4.79 Å². The van der Waals surface area contributed by atoms with Gasteiger partial charge in [0.2, 0.25) is 5.91 Å². The number of carbonyl (C=O) groups is 1. The average Bonchev–Trinajstić information content (AvgIpc) is 2.28. The van der Waals surface area contributed by atoms with Crippen LogP contribution in [0.2, 0.25) is 0 Å². The molecule has 1 rings (SSSR count). The maximum absolute atomic E-state index is 11.6. The molecule has 1 aromatic rings. The van der Waals surface area contributed by atoms with Crippen molar-refractivity contribution in [3.05, 3.63) is 24.3 Å². The van der Waals surface area contributed by atoms with Crippen LogP contribution in [0.25, 0.3) is 0 Å². The summed E-state index contributed by atoms with van der Waals surface area (Å²) in [6.45, 7) is 0. The number of hydrogen-bond acceptors (Lipinski definition) is 3. The van der Waals surface area contributed by atoms with Crippen LogP contribution in [0, 0.1) is 0 Å². The number of para-hydroxylation sites is 2. The summed E-state index contributed by atoms with van der Waals surface area (Å²) in [5.41, 5.74) is 7.04. The summed E-state index contributed by atoms with van der Waals surface area (Å²) in [5, 5.41) is 2.82. The van der Waals surface area contributed by atoms with Crippen LogP contribution >= 0.6 is 11.8 Å². The molecule has 0 fully saturated rings. The van der Waals surface area contributed by atoms with Gasteiger partial charge in [-0.05, 0) is 37.0 Å². The van der Waals surface area contributed by atoms with Gasteiger partial charge < -0.3 is 11.1 Å². The molecule has 0 saturated heterocycles. The number of unbranched alkanes of at least 4 members (excludes halogenated alkanes) is 1. The van der Waals surface area contributed by atoms with Gasteiger partial charge >= 0.3 is 0 Å². The smallest absolute Gasteiger partial charge is 0.224 e. The Balaban J connectivity index is 2.32. The van der Waals surface area contributed by atoms with Gasteiger partial charge in [-0.25, -0.2) is 0 Å². The number of anilines is 2. The summed E-state index contributed by atoms with van der Waals surface area (Å²) in [6, 6.07) is 7.31. The van der Waals surface area contributed by atoms with E-state index in [4.69, 9.17) is 5.73 Å². The molecule has 0 aliphatic carbocycles. The van der Waals surface area contributed by atoms with E-state index in [-0.39, 0.29) is 5.91 Å². The number of hydrogen-bond donors (Lipinski definition) is 2. The minimum Gasteiger partial charge on any atom is -0.397 e. The first kappa shape index (κ1) is 12.9. The molecule has 0 atom stereocenters. The van der Waals surface area contributed by atoms with Crippen LogP contribution in [-0.4, -0.2) is 17.9 Å². The molecule has 3 N–H and O–H groups in total. The van der Waals surface area contributed by atoms with Gasteiger partial charge in [0.05, 0.1) is 11.4 Å². The van der Waals surface area contributed by atoms with E-state index < -0.39 is 0 Å². The van der Waals surface area contributed by atoms with Gasteiger partial charge in [-0.1, -0.05) is 12.1 Å². The van der Waals surface area contributed by atoms with Crippen molar-refractivity contribution in [3.8, 4) is 0 Å². The predicted octanol–water partition coefficient (Wildman–Crippen LogP) is 2.74. The van der Waals surface area contributed by atoms with Crippen LogP contribution < -0.4 is 11.1 Å². The van der Waals surface area contributed by atoms with Crippen molar-refractivity contribution < 1.29 is 4.79 Å². The minimum absolute atomic E-state index is 0.0407. The SMILES string of the molecule is CSCCCCC(=O)Nc1ccccc1N. The van der Waals surface area contributed by atoms with Crippen LogP contribution in [0.1, 0.15) is 19.3 Å². The Kier molecular flexibility index (Phi) is 5.78. The first-order chi connectivity index (χ1) is 7.74. The van der Waals surface area contributed by atoms with E-state index in [0.29, 0.717) is 17.8 Å². The molecule has 16 heavy (non-hydrogen) atoms. The summed E-state index contributed by atoms with van der Waals surface area (Å²) >= 11 is 1.81. The summed E-state index contributed by atoms with van der Waals surface area (Å²) in [7, 11) is 0. The number of nitrogens with two attached hydrogens (primary N) is 1. The van der Waals surface area contributed by atoms with Gasteiger partial charge in [-0.15, -0.1) is 0 Å². The lowest BCUT2D eigenvalue weighted by Gasteiger charge is -2.07. The Morgan fingerprint density at radius 3 is 2.81 bits per heavy atom. The molecule has 0 aliphatic heterocycles. The van der Waals surface area contributed by atoms with E-state index in [2.05, 4.69) is 11.6 Å². The fourth-order valence-electron chi connectivity index (χ4n) is 1.36. The van der Waals surface area contributed by atoms with Crippen molar-refractivity contribution in [1.29, 1.82) is 0 Å². The Labute approximate surface area is 101 Å². The number of amides is 1. The molecule has 0 saturated carbocycles. The summed E-state index contributed by atoms with van der Waals surface area (Å²) in [5.74, 6) is 1.15. The second kappa shape index (κ2) is 7.17. The lowest BCUT2D eigenvalue weighted by atomic mass is 10.2. The van der Waals surface area contributed by atoms with E-state index >= 15 is 0 Å². The minimum atomic E-state index is 0.0407. The normalized spacial score (nSPS) is 10.1. The molecule has 1 amide bonds. The van der Waals surface area contributed by atoms with E-state index in [1.54, 1.807) is 6.07 Å². The Hall–Kier alpha value is -1.16. The van der Waals surface area contributed by atoms with Crippen molar-refractivity contribution in [3.63, 3.8) is 0 Å². The highest BCUT2D eigenvalue weighted by Crippen LogP contribution is 2.17. The number of carbonyl (C=O) groups excluding carboxylic acids is 1. The van der Waals surface area contributed by atoms with Gasteiger partial charge in [0.25, 0.3) is 0 Å². The molecule has 0 aromatic heterocycles. The summed E-state index contributed by atoms with van der Waals surface area (Å²) in [6.07, 6.45) is 4.65. The molecule has 0 unspecified atom stereocenters. The second-order valence-electron chi connectivity index (χ2n) is 3.59. The monoisotopic (exact) mass is 238 g/mol. The largest absolute Gasteiger partial charge is 0.397 e. The van der Waals surface area contributed by atoms with E-state index in [0.717, 1.165) is 18.6 Å². The quantitative estimate of drug-likeness (QED) is 0.592. The lowest BCUT2D eigenvalue weighted by molar-refractivity contribution is -0.116. The van der Waals surface area contributed by atoms with Crippen molar-refractivity contribution in [2.45, 2.75) is 19.3 Å². The van der Waals surface area contributed by atoms with Gasteiger partial charge in [-0.3, -0.25) is 4.79 Å². The number of benzene rings is 1. The van der Waals surface area contributed by atoms with Gasteiger partial charge in [0.1, 0.15) is 0 Å². The third kappa shape index (κ3) is 4.57. The zero-order valence-electron chi connectivity index (χ0n) is 9.53. The lowest BCUT2D eigenvalue weighted by Crippen LogP contribution is -2.12. The highest BCUT2D eigenvalue weighted by Gasteiger charge is 2.03. The fraction of sp³-hybridized carbons (Fsp3) is 0.417. The first-order valence-electron chi connectivity index (χ1n) is 5.37. The maximum Gasteiger partial charge on any atom is 0.224 e. The highest BCUT2D eigenvalue weighted by molar-refractivity contribution is 7.98. The fourth-order valence-corrected chi connectivity index (χ4v) is 1.85. The van der Waals surface area contributed by atoms with Crippen LogP contribution in [0.15, 0.2) is 24.3 Å². The van der Waals surface area contributed by atoms with E-state index in [1.807, 2.05) is 30.0 Å². The molecular formula is C12H18N2OS. The third-order valence-electron chi connectivity index (χ3n) is 2.24. The molecule has 1 aromatic carbocycles. The molecule has 88 valence electrons. The standard InChI is InChI=1S/C12H18N2OS/c1-16-9-5-4-8-12(15)14-11-7-3-2-6-10(11)13/h2-3,6-7H,4-5,8-9,13H2,1H3,(H,14,15). The van der Waals surface area contributed by atoms with Crippen LogP contribution in [0.3, 0.4) is 0 Å². The van der Waals surface area contributed by atoms with Crippen molar-refractivity contribution in [1.82, 2.24) is 0 Å². The molecule has 0 radical (unpaired) electrons. The maximum atomic E-state index is 11.6.